The van der Waals surface area contributed by atoms with Gasteiger partial charge in [-0.2, -0.15) is 0 Å². The minimum atomic E-state index is 0.232. The van der Waals surface area contributed by atoms with Gasteiger partial charge in [0.05, 0.1) is 25.2 Å². The fourth-order valence-corrected chi connectivity index (χ4v) is 3.68. The number of hydrogen-bond donors (Lipinski definition) is 1. The van der Waals surface area contributed by atoms with Crippen molar-refractivity contribution < 1.29 is 9.15 Å². The largest absolute Gasteiger partial charge is 0.472 e. The summed E-state index contributed by atoms with van der Waals surface area (Å²) in [7, 11) is 0. The first-order valence-corrected chi connectivity index (χ1v) is 8.24. The standard InChI is InChI=1S/C17H22N4O2/c1-4-18-17(19-5-1)20-8-16-15-10-21(6-2-14(15)12-23-16)9-13-3-7-22-11-13/h1,3-5,7,11,14-16H,2,6,8-10,12H2,(H,18,19,20)/t14-,15-,16+/m0/s1. The Kier molecular flexibility index (Phi) is 4.26. The number of fused-ring (bicyclic) bond motifs is 1. The molecule has 2 saturated heterocycles. The molecule has 2 aliphatic rings. The summed E-state index contributed by atoms with van der Waals surface area (Å²) in [5.41, 5.74) is 1.25. The van der Waals surface area contributed by atoms with Crippen molar-refractivity contribution in [2.45, 2.75) is 19.1 Å². The molecule has 0 saturated carbocycles. The third-order valence-electron chi connectivity index (χ3n) is 4.91. The van der Waals surface area contributed by atoms with E-state index in [0.717, 1.165) is 32.8 Å². The van der Waals surface area contributed by atoms with E-state index in [1.807, 2.05) is 18.4 Å². The number of anilines is 1. The van der Waals surface area contributed by atoms with Crippen LogP contribution < -0.4 is 5.32 Å². The first-order valence-electron chi connectivity index (χ1n) is 8.24. The Bertz CT molecular complexity index is 604. The Morgan fingerprint density at radius 3 is 3.04 bits per heavy atom. The molecule has 0 spiro atoms. The molecule has 4 rings (SSSR count). The summed E-state index contributed by atoms with van der Waals surface area (Å²) in [6.07, 6.45) is 8.52. The molecule has 4 heterocycles. The highest BCUT2D eigenvalue weighted by molar-refractivity contribution is 5.22. The number of aromatic nitrogens is 2. The summed E-state index contributed by atoms with van der Waals surface area (Å²) in [4.78, 5) is 10.9. The molecule has 122 valence electrons. The van der Waals surface area contributed by atoms with Gasteiger partial charge in [-0.05, 0) is 31.0 Å². The average molecular weight is 314 g/mol. The van der Waals surface area contributed by atoms with Gasteiger partial charge in [0.2, 0.25) is 5.95 Å². The van der Waals surface area contributed by atoms with Gasteiger partial charge >= 0.3 is 0 Å². The summed E-state index contributed by atoms with van der Waals surface area (Å²) in [5.74, 6) is 1.93. The lowest BCUT2D eigenvalue weighted by Crippen LogP contribution is -2.43. The smallest absolute Gasteiger partial charge is 0.222 e. The number of ether oxygens (including phenoxy) is 1. The highest BCUT2D eigenvalue weighted by Crippen LogP contribution is 2.34. The van der Waals surface area contributed by atoms with E-state index in [-0.39, 0.29) is 6.10 Å². The highest BCUT2D eigenvalue weighted by atomic mass is 16.5. The monoisotopic (exact) mass is 314 g/mol. The fraction of sp³-hybridized carbons (Fsp3) is 0.529. The topological polar surface area (TPSA) is 63.4 Å². The Morgan fingerprint density at radius 1 is 1.30 bits per heavy atom. The molecule has 1 N–H and O–H groups in total. The molecule has 0 radical (unpaired) electrons. The first-order chi connectivity index (χ1) is 11.4. The molecule has 2 fully saturated rings. The van der Waals surface area contributed by atoms with Crippen molar-refractivity contribution in [3.8, 4) is 0 Å². The first kappa shape index (κ1) is 14.7. The van der Waals surface area contributed by atoms with E-state index in [0.29, 0.717) is 17.8 Å². The Hall–Kier alpha value is -1.92. The van der Waals surface area contributed by atoms with E-state index < -0.39 is 0 Å². The van der Waals surface area contributed by atoms with Crippen LogP contribution in [0.2, 0.25) is 0 Å². The molecule has 2 aromatic rings. The van der Waals surface area contributed by atoms with Crippen LogP contribution in [0.1, 0.15) is 12.0 Å². The van der Waals surface area contributed by atoms with Crippen LogP contribution in [-0.4, -0.2) is 47.2 Å². The number of nitrogens with one attached hydrogen (secondary N) is 1. The van der Waals surface area contributed by atoms with E-state index in [9.17, 15) is 0 Å². The van der Waals surface area contributed by atoms with E-state index in [2.05, 4.69) is 20.2 Å². The number of likely N-dealkylation sites (tertiary alicyclic amines) is 1. The minimum Gasteiger partial charge on any atom is -0.472 e. The van der Waals surface area contributed by atoms with E-state index >= 15 is 0 Å². The molecular formula is C17H22N4O2. The lowest BCUT2D eigenvalue weighted by Gasteiger charge is -2.35. The van der Waals surface area contributed by atoms with E-state index in [1.54, 1.807) is 18.7 Å². The average Bonchev–Trinajstić information content (AvgIpc) is 3.23. The third kappa shape index (κ3) is 3.38. The van der Waals surface area contributed by atoms with E-state index in [4.69, 9.17) is 9.15 Å². The van der Waals surface area contributed by atoms with Gasteiger partial charge in [0, 0.05) is 43.5 Å². The molecule has 0 bridgehead atoms. The molecule has 23 heavy (non-hydrogen) atoms. The Balaban J connectivity index is 1.34. The number of piperidine rings is 1. The van der Waals surface area contributed by atoms with Crippen LogP contribution in [-0.2, 0) is 11.3 Å². The minimum absolute atomic E-state index is 0.232. The normalized spacial score (nSPS) is 27.7. The zero-order valence-electron chi connectivity index (χ0n) is 13.1. The number of rotatable bonds is 5. The summed E-state index contributed by atoms with van der Waals surface area (Å²) >= 11 is 0. The van der Waals surface area contributed by atoms with Crippen LogP contribution in [0, 0.1) is 11.8 Å². The number of hydrogen-bond acceptors (Lipinski definition) is 6. The maximum atomic E-state index is 6.04. The second-order valence-electron chi connectivity index (χ2n) is 6.40. The molecule has 6 nitrogen and oxygen atoms in total. The Labute approximate surface area is 135 Å². The second-order valence-corrected chi connectivity index (χ2v) is 6.40. The molecule has 0 amide bonds. The fourth-order valence-electron chi connectivity index (χ4n) is 3.68. The van der Waals surface area contributed by atoms with Gasteiger partial charge in [-0.1, -0.05) is 0 Å². The number of nitrogens with zero attached hydrogens (tertiary/aromatic N) is 3. The lowest BCUT2D eigenvalue weighted by molar-refractivity contribution is 0.0830. The van der Waals surface area contributed by atoms with Crippen LogP contribution in [0.3, 0.4) is 0 Å². The van der Waals surface area contributed by atoms with E-state index in [1.165, 1.54) is 12.0 Å². The molecule has 6 heteroatoms. The molecule has 0 aromatic carbocycles. The van der Waals surface area contributed by atoms with Crippen LogP contribution in [0.5, 0.6) is 0 Å². The highest BCUT2D eigenvalue weighted by Gasteiger charge is 2.40. The second kappa shape index (κ2) is 6.68. The maximum absolute atomic E-state index is 6.04. The van der Waals surface area contributed by atoms with Crippen molar-refractivity contribution in [2.24, 2.45) is 11.8 Å². The van der Waals surface area contributed by atoms with Crippen LogP contribution >= 0.6 is 0 Å². The van der Waals surface area contributed by atoms with Gasteiger partial charge in [-0.3, -0.25) is 4.90 Å². The van der Waals surface area contributed by atoms with Crippen LogP contribution in [0.4, 0.5) is 5.95 Å². The van der Waals surface area contributed by atoms with Crippen molar-refractivity contribution in [1.82, 2.24) is 14.9 Å². The predicted octanol–water partition coefficient (Wildman–Crippen LogP) is 2.02. The Morgan fingerprint density at radius 2 is 2.22 bits per heavy atom. The summed E-state index contributed by atoms with van der Waals surface area (Å²) in [5, 5.41) is 3.30. The summed E-state index contributed by atoms with van der Waals surface area (Å²) in [6.45, 7) is 4.83. The van der Waals surface area contributed by atoms with Crippen molar-refractivity contribution in [3.63, 3.8) is 0 Å². The van der Waals surface area contributed by atoms with Crippen molar-refractivity contribution in [2.75, 3.05) is 31.6 Å². The van der Waals surface area contributed by atoms with Crippen molar-refractivity contribution >= 4 is 5.95 Å². The zero-order chi connectivity index (χ0) is 15.5. The van der Waals surface area contributed by atoms with Gasteiger partial charge < -0.3 is 14.5 Å². The maximum Gasteiger partial charge on any atom is 0.222 e. The van der Waals surface area contributed by atoms with Gasteiger partial charge in [0.15, 0.2) is 0 Å². The lowest BCUT2D eigenvalue weighted by atomic mass is 9.84. The van der Waals surface area contributed by atoms with Gasteiger partial charge in [0.25, 0.3) is 0 Å². The predicted molar refractivity (Wildman–Crippen MR) is 85.8 cm³/mol. The van der Waals surface area contributed by atoms with Gasteiger partial charge in [-0.15, -0.1) is 0 Å². The van der Waals surface area contributed by atoms with Gasteiger partial charge in [0.1, 0.15) is 0 Å². The van der Waals surface area contributed by atoms with Crippen LogP contribution in [0.15, 0.2) is 41.5 Å². The van der Waals surface area contributed by atoms with Gasteiger partial charge in [-0.25, -0.2) is 9.97 Å². The SMILES string of the molecule is c1cnc(NC[C@H]2OC[C@@H]3CCN(Cc4ccoc4)C[C@@H]32)nc1. The zero-order valence-corrected chi connectivity index (χ0v) is 13.1. The molecule has 0 aliphatic carbocycles. The molecule has 0 unspecified atom stereocenters. The molecule has 2 aliphatic heterocycles. The molecular weight excluding hydrogens is 292 g/mol. The quantitative estimate of drug-likeness (QED) is 0.911. The summed E-state index contributed by atoms with van der Waals surface area (Å²) < 4.78 is 11.2. The third-order valence-corrected chi connectivity index (χ3v) is 4.91. The number of furan rings is 1. The van der Waals surface area contributed by atoms with Crippen molar-refractivity contribution in [3.05, 3.63) is 42.6 Å². The molecule has 2 aromatic heterocycles. The van der Waals surface area contributed by atoms with Crippen molar-refractivity contribution in [1.29, 1.82) is 0 Å². The summed E-state index contributed by atoms with van der Waals surface area (Å²) in [6, 6.07) is 3.87. The van der Waals surface area contributed by atoms with Crippen LogP contribution in [0.25, 0.3) is 0 Å². The molecule has 3 atom stereocenters.